The van der Waals surface area contributed by atoms with E-state index < -0.39 is 18.1 Å². The van der Waals surface area contributed by atoms with Crippen molar-refractivity contribution in [3.63, 3.8) is 0 Å². The number of anilines is 1. The molecule has 36 heavy (non-hydrogen) atoms. The van der Waals surface area contributed by atoms with Crippen LogP contribution in [0, 0.1) is 0 Å². The molecule has 1 fully saturated rings. The number of aromatic nitrogens is 6. The highest BCUT2D eigenvalue weighted by atomic mass is 35.5. The Morgan fingerprint density at radius 2 is 2.03 bits per heavy atom. The Hall–Kier alpha value is -4.19. The fourth-order valence-corrected chi connectivity index (χ4v) is 4.47. The Morgan fingerprint density at radius 1 is 1.17 bits per heavy atom. The molecule has 0 aliphatic carbocycles. The number of nitrogens with two attached hydrogens (primary N) is 1. The minimum Gasteiger partial charge on any atom is -0.364 e. The van der Waals surface area contributed by atoms with Crippen molar-refractivity contribution in [2.75, 3.05) is 18.4 Å². The van der Waals surface area contributed by atoms with Crippen LogP contribution in [0.4, 0.5) is 10.3 Å². The topological polar surface area (TPSA) is 145 Å². The SMILES string of the molecule is NC(=O)c1nn(CC(=O)N2CC(F)C[C@H]2CNc2nccc(Cl)n2)c2ccc(-c3ccnnc3)cc12. The highest BCUT2D eigenvalue weighted by Gasteiger charge is 2.35. The monoisotopic (exact) mass is 509 g/mol. The summed E-state index contributed by atoms with van der Waals surface area (Å²) in [6.45, 7) is 0.0295. The zero-order valence-electron chi connectivity index (χ0n) is 18.9. The van der Waals surface area contributed by atoms with E-state index in [0.717, 1.165) is 11.1 Å². The number of carbonyl (C=O) groups is 2. The van der Waals surface area contributed by atoms with Crippen molar-refractivity contribution < 1.29 is 14.0 Å². The second-order valence-corrected chi connectivity index (χ2v) is 8.74. The first-order valence-corrected chi connectivity index (χ1v) is 11.5. The summed E-state index contributed by atoms with van der Waals surface area (Å²) in [6.07, 6.45) is 3.68. The first-order chi connectivity index (χ1) is 17.4. The highest BCUT2D eigenvalue weighted by Crippen LogP contribution is 2.27. The van der Waals surface area contributed by atoms with Gasteiger partial charge in [-0.1, -0.05) is 17.7 Å². The molecule has 184 valence electrons. The van der Waals surface area contributed by atoms with Gasteiger partial charge in [-0.05, 0) is 29.8 Å². The number of alkyl halides is 1. The number of benzene rings is 1. The van der Waals surface area contributed by atoms with Crippen molar-refractivity contribution in [1.29, 1.82) is 0 Å². The molecule has 3 aromatic heterocycles. The standard InChI is InChI=1S/C23H21ClFN9O2/c24-19-4-5-27-23(31-19)28-10-16-8-15(25)11-33(16)20(35)12-34-18-2-1-13(14-3-6-29-30-9-14)7-17(18)21(32-34)22(26)36/h1-7,9,15-16H,8,10-12H2,(H2,26,36)(H,27,28,31)/t15?,16-/m0/s1. The van der Waals surface area contributed by atoms with Gasteiger partial charge < -0.3 is 16.0 Å². The summed E-state index contributed by atoms with van der Waals surface area (Å²) in [5.41, 5.74) is 7.76. The summed E-state index contributed by atoms with van der Waals surface area (Å²) in [4.78, 5) is 34.9. The van der Waals surface area contributed by atoms with Crippen LogP contribution < -0.4 is 11.1 Å². The third-order valence-electron chi connectivity index (χ3n) is 5.99. The molecular weight excluding hydrogens is 489 g/mol. The average molecular weight is 510 g/mol. The molecule has 0 saturated carbocycles. The molecule has 0 spiro atoms. The number of carbonyl (C=O) groups excluding carboxylic acids is 2. The average Bonchev–Trinajstić information content (AvgIpc) is 3.43. The zero-order valence-corrected chi connectivity index (χ0v) is 19.6. The number of hydrogen-bond acceptors (Lipinski definition) is 8. The maximum atomic E-state index is 14.3. The Balaban J connectivity index is 1.38. The lowest BCUT2D eigenvalue weighted by atomic mass is 10.0. The van der Waals surface area contributed by atoms with Crippen molar-refractivity contribution in [3.8, 4) is 11.1 Å². The summed E-state index contributed by atoms with van der Waals surface area (Å²) in [5, 5.41) is 15.7. The van der Waals surface area contributed by atoms with E-state index in [2.05, 4.69) is 30.6 Å². The minimum absolute atomic E-state index is 0.0390. The van der Waals surface area contributed by atoms with Crippen molar-refractivity contribution in [3.05, 3.63) is 59.8 Å². The Morgan fingerprint density at radius 3 is 2.78 bits per heavy atom. The molecule has 4 heterocycles. The third-order valence-corrected chi connectivity index (χ3v) is 6.20. The quantitative estimate of drug-likeness (QED) is 0.360. The van der Waals surface area contributed by atoms with E-state index in [1.54, 1.807) is 36.7 Å². The molecule has 2 atom stereocenters. The van der Waals surface area contributed by atoms with Crippen LogP contribution in [0.25, 0.3) is 22.0 Å². The number of fused-ring (bicyclic) bond motifs is 1. The molecule has 4 aromatic rings. The van der Waals surface area contributed by atoms with Crippen LogP contribution in [0.15, 0.2) is 48.9 Å². The van der Waals surface area contributed by atoms with Gasteiger partial charge >= 0.3 is 0 Å². The first-order valence-electron chi connectivity index (χ1n) is 11.1. The van der Waals surface area contributed by atoms with Gasteiger partial charge in [0, 0.05) is 30.1 Å². The molecule has 3 N–H and O–H groups in total. The van der Waals surface area contributed by atoms with Gasteiger partial charge in [0.2, 0.25) is 11.9 Å². The van der Waals surface area contributed by atoms with Crippen LogP contribution in [-0.4, -0.2) is 72.0 Å². The molecule has 1 aromatic carbocycles. The van der Waals surface area contributed by atoms with Crippen LogP contribution in [0.1, 0.15) is 16.9 Å². The number of hydrogen-bond donors (Lipinski definition) is 2. The van der Waals surface area contributed by atoms with Crippen molar-refractivity contribution in [2.24, 2.45) is 5.73 Å². The predicted octanol–water partition coefficient (Wildman–Crippen LogP) is 2.09. The normalized spacial score (nSPS) is 17.4. The van der Waals surface area contributed by atoms with Crippen LogP contribution in [0.3, 0.4) is 0 Å². The molecule has 1 aliphatic rings. The Kier molecular flexibility index (Phi) is 6.42. The second-order valence-electron chi connectivity index (χ2n) is 8.35. The number of likely N-dealkylation sites (tertiary alicyclic amines) is 1. The maximum absolute atomic E-state index is 14.3. The summed E-state index contributed by atoms with van der Waals surface area (Å²) in [5.74, 6) is -0.761. The lowest BCUT2D eigenvalue weighted by Crippen LogP contribution is -2.41. The highest BCUT2D eigenvalue weighted by molar-refractivity contribution is 6.29. The van der Waals surface area contributed by atoms with E-state index in [1.807, 2.05) is 6.07 Å². The van der Waals surface area contributed by atoms with E-state index >= 15 is 0 Å². The molecular formula is C23H21ClFN9O2. The molecule has 5 rings (SSSR count). The van der Waals surface area contributed by atoms with Crippen LogP contribution in [0.2, 0.25) is 5.15 Å². The van der Waals surface area contributed by atoms with E-state index in [9.17, 15) is 14.0 Å². The van der Waals surface area contributed by atoms with E-state index in [4.69, 9.17) is 17.3 Å². The van der Waals surface area contributed by atoms with Crippen molar-refractivity contribution >= 4 is 40.3 Å². The Labute approximate surface area is 209 Å². The molecule has 1 saturated heterocycles. The fraction of sp³-hybridized carbons (Fsp3) is 0.261. The summed E-state index contributed by atoms with van der Waals surface area (Å²) in [6, 6.07) is 8.27. The molecule has 1 unspecified atom stereocenters. The van der Waals surface area contributed by atoms with Crippen molar-refractivity contribution in [1.82, 2.24) is 34.8 Å². The largest absolute Gasteiger partial charge is 0.364 e. The fourth-order valence-electron chi connectivity index (χ4n) is 4.33. The van der Waals surface area contributed by atoms with Gasteiger partial charge in [0.25, 0.3) is 5.91 Å². The number of nitrogens with zero attached hydrogens (tertiary/aromatic N) is 7. The van der Waals surface area contributed by atoms with Gasteiger partial charge in [-0.3, -0.25) is 14.3 Å². The van der Waals surface area contributed by atoms with Gasteiger partial charge in [-0.15, -0.1) is 0 Å². The lowest BCUT2D eigenvalue weighted by Gasteiger charge is -2.24. The number of halogens is 2. The lowest BCUT2D eigenvalue weighted by molar-refractivity contribution is -0.132. The molecule has 11 nitrogen and oxygen atoms in total. The third kappa shape index (κ3) is 4.80. The number of amides is 2. The molecule has 0 bridgehead atoms. The smallest absolute Gasteiger partial charge is 0.269 e. The Bertz CT molecular complexity index is 1430. The molecule has 0 radical (unpaired) electrons. The predicted molar refractivity (Wildman–Crippen MR) is 130 cm³/mol. The maximum Gasteiger partial charge on any atom is 0.269 e. The van der Waals surface area contributed by atoms with Crippen molar-refractivity contribution in [2.45, 2.75) is 25.2 Å². The van der Waals surface area contributed by atoms with Gasteiger partial charge in [-0.2, -0.15) is 15.3 Å². The zero-order chi connectivity index (χ0) is 25.2. The van der Waals surface area contributed by atoms with Gasteiger partial charge in [-0.25, -0.2) is 14.4 Å². The number of primary amides is 1. The van der Waals surface area contributed by atoms with E-state index in [1.165, 1.54) is 15.8 Å². The molecule has 13 heteroatoms. The van der Waals surface area contributed by atoms with E-state index in [0.29, 0.717) is 16.9 Å². The number of nitrogens with one attached hydrogen (secondary N) is 1. The van der Waals surface area contributed by atoms with Gasteiger partial charge in [0.05, 0.1) is 30.5 Å². The number of rotatable bonds is 7. The van der Waals surface area contributed by atoms with Crippen LogP contribution in [0.5, 0.6) is 0 Å². The first kappa shape index (κ1) is 23.5. The molecule has 2 amide bonds. The van der Waals surface area contributed by atoms with Crippen LogP contribution >= 0.6 is 11.6 Å². The van der Waals surface area contributed by atoms with E-state index in [-0.39, 0.29) is 42.8 Å². The summed E-state index contributed by atoms with van der Waals surface area (Å²) < 4.78 is 15.7. The van der Waals surface area contributed by atoms with Gasteiger partial charge in [0.1, 0.15) is 17.9 Å². The molecule has 1 aliphatic heterocycles. The van der Waals surface area contributed by atoms with Crippen LogP contribution in [-0.2, 0) is 11.3 Å². The summed E-state index contributed by atoms with van der Waals surface area (Å²) >= 11 is 5.89. The van der Waals surface area contributed by atoms with Gasteiger partial charge in [0.15, 0.2) is 5.69 Å². The second kappa shape index (κ2) is 9.82. The minimum atomic E-state index is -1.16. The summed E-state index contributed by atoms with van der Waals surface area (Å²) in [7, 11) is 0.